The SMILES string of the molecule is COCCCNC(=S)N(Cc1cc2cc(C)cc(C)c2[nH]c1=O)C[C@H]1CCCO1. The Balaban J connectivity index is 1.81. The molecule has 2 aromatic rings. The van der Waals surface area contributed by atoms with E-state index in [1.165, 1.54) is 5.56 Å². The molecule has 1 atom stereocenters. The lowest BCUT2D eigenvalue weighted by atomic mass is 10.1. The average molecular weight is 418 g/mol. The second-order valence-electron chi connectivity index (χ2n) is 7.76. The van der Waals surface area contributed by atoms with Crippen molar-refractivity contribution >= 4 is 28.2 Å². The molecule has 1 saturated heterocycles. The highest BCUT2D eigenvalue weighted by atomic mass is 32.1. The van der Waals surface area contributed by atoms with Crippen LogP contribution in [-0.4, -0.2) is 54.5 Å². The first-order valence-corrected chi connectivity index (χ1v) is 10.6. The zero-order chi connectivity index (χ0) is 20.8. The van der Waals surface area contributed by atoms with Crippen LogP contribution in [0, 0.1) is 13.8 Å². The van der Waals surface area contributed by atoms with Gasteiger partial charge in [0.15, 0.2) is 5.11 Å². The number of aromatic nitrogens is 1. The summed E-state index contributed by atoms with van der Waals surface area (Å²) in [4.78, 5) is 17.9. The minimum Gasteiger partial charge on any atom is -0.385 e. The summed E-state index contributed by atoms with van der Waals surface area (Å²) in [5.41, 5.74) is 3.80. The van der Waals surface area contributed by atoms with Crippen molar-refractivity contribution in [1.82, 2.24) is 15.2 Å². The van der Waals surface area contributed by atoms with Crippen LogP contribution in [0.4, 0.5) is 0 Å². The van der Waals surface area contributed by atoms with Gasteiger partial charge < -0.3 is 24.7 Å². The van der Waals surface area contributed by atoms with E-state index in [2.05, 4.69) is 34.3 Å². The first-order valence-electron chi connectivity index (χ1n) is 10.2. The molecule has 0 amide bonds. The van der Waals surface area contributed by atoms with Crippen LogP contribution < -0.4 is 10.9 Å². The maximum Gasteiger partial charge on any atom is 0.253 e. The standard InChI is InChI=1S/C22H31N3O3S/c1-15-10-16(2)20-17(11-15)12-18(21(26)24-20)13-25(14-19-6-4-9-28-19)22(29)23-7-5-8-27-3/h10-12,19H,4-9,13-14H2,1-3H3,(H,23,29)(H,24,26)/t19-/m1/s1. The fourth-order valence-electron chi connectivity index (χ4n) is 3.83. The van der Waals surface area contributed by atoms with Gasteiger partial charge in [0.25, 0.3) is 5.56 Å². The third-order valence-electron chi connectivity index (χ3n) is 5.27. The molecule has 1 fully saturated rings. The molecule has 1 aliphatic rings. The Morgan fingerprint density at radius 1 is 1.38 bits per heavy atom. The minimum absolute atomic E-state index is 0.0658. The van der Waals surface area contributed by atoms with Crippen LogP contribution in [0.1, 0.15) is 36.0 Å². The molecule has 0 saturated carbocycles. The van der Waals surface area contributed by atoms with Gasteiger partial charge in [-0.15, -0.1) is 0 Å². The van der Waals surface area contributed by atoms with E-state index in [4.69, 9.17) is 21.7 Å². The number of benzene rings is 1. The molecule has 29 heavy (non-hydrogen) atoms. The molecular formula is C22H31N3O3S. The number of hydrogen-bond acceptors (Lipinski definition) is 4. The molecule has 7 heteroatoms. The Morgan fingerprint density at radius 3 is 2.93 bits per heavy atom. The lowest BCUT2D eigenvalue weighted by Crippen LogP contribution is -2.44. The van der Waals surface area contributed by atoms with Crippen molar-refractivity contribution in [1.29, 1.82) is 0 Å². The van der Waals surface area contributed by atoms with Gasteiger partial charge in [-0.2, -0.15) is 0 Å². The van der Waals surface area contributed by atoms with Crippen molar-refractivity contribution in [3.8, 4) is 0 Å². The molecule has 1 aromatic carbocycles. The third kappa shape index (κ3) is 5.78. The highest BCUT2D eigenvalue weighted by Crippen LogP contribution is 2.19. The highest BCUT2D eigenvalue weighted by molar-refractivity contribution is 7.80. The number of ether oxygens (including phenoxy) is 2. The van der Waals surface area contributed by atoms with Crippen LogP contribution in [0.5, 0.6) is 0 Å². The number of nitrogens with zero attached hydrogens (tertiary/aromatic N) is 1. The Kier molecular flexibility index (Phi) is 7.64. The van der Waals surface area contributed by atoms with E-state index in [1.807, 2.05) is 13.0 Å². The number of H-pyrrole nitrogens is 1. The predicted octanol–water partition coefficient (Wildman–Crippen LogP) is 3.04. The second-order valence-corrected chi connectivity index (χ2v) is 8.15. The first-order chi connectivity index (χ1) is 14.0. The molecule has 0 aliphatic carbocycles. The number of thiocarbonyl (C=S) groups is 1. The minimum atomic E-state index is -0.0658. The quantitative estimate of drug-likeness (QED) is 0.508. The van der Waals surface area contributed by atoms with E-state index in [0.717, 1.165) is 48.9 Å². The van der Waals surface area contributed by atoms with Gasteiger partial charge in [-0.25, -0.2) is 0 Å². The van der Waals surface area contributed by atoms with Crippen LogP contribution in [0.2, 0.25) is 0 Å². The zero-order valence-electron chi connectivity index (χ0n) is 17.5. The summed E-state index contributed by atoms with van der Waals surface area (Å²) in [7, 11) is 1.69. The van der Waals surface area contributed by atoms with Gasteiger partial charge in [0.2, 0.25) is 0 Å². The smallest absolute Gasteiger partial charge is 0.253 e. The summed E-state index contributed by atoms with van der Waals surface area (Å²) >= 11 is 5.65. The molecule has 3 rings (SSSR count). The maximum atomic E-state index is 12.8. The van der Waals surface area contributed by atoms with E-state index in [0.29, 0.717) is 30.4 Å². The molecule has 6 nitrogen and oxygen atoms in total. The zero-order valence-corrected chi connectivity index (χ0v) is 18.4. The van der Waals surface area contributed by atoms with Gasteiger partial charge >= 0.3 is 0 Å². The van der Waals surface area contributed by atoms with Crippen LogP contribution in [0.3, 0.4) is 0 Å². The van der Waals surface area contributed by atoms with Gasteiger partial charge in [0.05, 0.1) is 18.2 Å². The molecule has 0 spiro atoms. The van der Waals surface area contributed by atoms with Gasteiger partial charge in [0, 0.05) is 39.0 Å². The number of nitrogens with one attached hydrogen (secondary N) is 2. The molecule has 0 unspecified atom stereocenters. The summed E-state index contributed by atoms with van der Waals surface area (Å²) in [5, 5.41) is 4.99. The van der Waals surface area contributed by atoms with Gasteiger partial charge in [0.1, 0.15) is 0 Å². The Bertz CT molecular complexity index is 906. The lowest BCUT2D eigenvalue weighted by molar-refractivity contribution is 0.0896. The molecule has 1 aromatic heterocycles. The Labute approximate surface area is 177 Å². The monoisotopic (exact) mass is 417 g/mol. The molecule has 0 bridgehead atoms. The summed E-state index contributed by atoms with van der Waals surface area (Å²) in [6.07, 6.45) is 3.12. The van der Waals surface area contributed by atoms with Crippen LogP contribution in [-0.2, 0) is 16.0 Å². The van der Waals surface area contributed by atoms with Crippen molar-refractivity contribution in [2.45, 2.75) is 45.8 Å². The fourth-order valence-corrected chi connectivity index (χ4v) is 4.07. The molecule has 158 valence electrons. The number of rotatable bonds is 8. The summed E-state index contributed by atoms with van der Waals surface area (Å²) in [6.45, 7) is 7.44. The lowest BCUT2D eigenvalue weighted by Gasteiger charge is -2.28. The van der Waals surface area contributed by atoms with Gasteiger partial charge in [-0.1, -0.05) is 11.6 Å². The molecular weight excluding hydrogens is 386 g/mol. The highest BCUT2D eigenvalue weighted by Gasteiger charge is 2.22. The van der Waals surface area contributed by atoms with Crippen molar-refractivity contribution in [3.63, 3.8) is 0 Å². The van der Waals surface area contributed by atoms with Crippen molar-refractivity contribution < 1.29 is 9.47 Å². The fraction of sp³-hybridized carbons (Fsp3) is 0.545. The number of fused-ring (bicyclic) bond motifs is 1. The Morgan fingerprint density at radius 2 is 2.21 bits per heavy atom. The van der Waals surface area contributed by atoms with Crippen molar-refractivity contribution in [2.75, 3.05) is 33.4 Å². The number of methoxy groups -OCH3 is 1. The van der Waals surface area contributed by atoms with E-state index < -0.39 is 0 Å². The van der Waals surface area contributed by atoms with Gasteiger partial charge in [-0.3, -0.25) is 4.79 Å². The van der Waals surface area contributed by atoms with Crippen molar-refractivity contribution in [2.24, 2.45) is 0 Å². The topological polar surface area (TPSA) is 66.6 Å². The van der Waals surface area contributed by atoms with Crippen LogP contribution >= 0.6 is 12.2 Å². The number of hydrogen-bond donors (Lipinski definition) is 2. The van der Waals surface area contributed by atoms with E-state index in [9.17, 15) is 4.79 Å². The Hall–Kier alpha value is -1.96. The van der Waals surface area contributed by atoms with Crippen LogP contribution in [0.25, 0.3) is 10.9 Å². The van der Waals surface area contributed by atoms with E-state index in [1.54, 1.807) is 7.11 Å². The average Bonchev–Trinajstić information content (AvgIpc) is 3.19. The van der Waals surface area contributed by atoms with Crippen molar-refractivity contribution in [3.05, 3.63) is 45.2 Å². The van der Waals surface area contributed by atoms with Crippen LogP contribution in [0.15, 0.2) is 23.0 Å². The first kappa shape index (κ1) is 21.7. The second kappa shape index (κ2) is 10.2. The maximum absolute atomic E-state index is 12.8. The van der Waals surface area contributed by atoms with E-state index >= 15 is 0 Å². The van der Waals surface area contributed by atoms with E-state index in [-0.39, 0.29) is 11.7 Å². The number of aryl methyl sites for hydroxylation is 2. The predicted molar refractivity (Wildman–Crippen MR) is 121 cm³/mol. The summed E-state index contributed by atoms with van der Waals surface area (Å²) in [6, 6.07) is 6.18. The normalized spacial score (nSPS) is 16.3. The number of pyridine rings is 1. The van der Waals surface area contributed by atoms with Gasteiger partial charge in [-0.05, 0) is 68.4 Å². The molecule has 2 N–H and O–H groups in total. The molecule has 1 aliphatic heterocycles. The number of aromatic amines is 1. The molecule has 2 heterocycles. The molecule has 0 radical (unpaired) electrons. The summed E-state index contributed by atoms with van der Waals surface area (Å²) in [5.74, 6) is 0. The summed E-state index contributed by atoms with van der Waals surface area (Å²) < 4.78 is 10.9. The largest absolute Gasteiger partial charge is 0.385 e. The third-order valence-corrected chi connectivity index (χ3v) is 5.67.